The highest BCUT2D eigenvalue weighted by molar-refractivity contribution is 5.20. The first kappa shape index (κ1) is 15.0. The Morgan fingerprint density at radius 1 is 1.06 bits per heavy atom. The van der Waals surface area contributed by atoms with Gasteiger partial charge in [0.05, 0.1) is 6.61 Å². The quantitative estimate of drug-likeness (QED) is 0.683. The lowest BCUT2D eigenvalue weighted by molar-refractivity contribution is 0.134. The van der Waals surface area contributed by atoms with E-state index in [2.05, 4.69) is 4.90 Å². The summed E-state index contributed by atoms with van der Waals surface area (Å²) in [5.41, 5.74) is 5.54. The van der Waals surface area contributed by atoms with Crippen molar-refractivity contribution in [1.82, 2.24) is 4.90 Å². The molecule has 1 aromatic rings. The highest BCUT2D eigenvalue weighted by Crippen LogP contribution is 2.07. The van der Waals surface area contributed by atoms with Gasteiger partial charge in [-0.1, -0.05) is 18.2 Å². The fourth-order valence-electron chi connectivity index (χ4n) is 1.68. The van der Waals surface area contributed by atoms with Crippen molar-refractivity contribution in [3.05, 3.63) is 30.3 Å². The van der Waals surface area contributed by atoms with Crippen molar-refractivity contribution in [3.63, 3.8) is 0 Å². The Bertz CT molecular complexity index is 285. The van der Waals surface area contributed by atoms with E-state index >= 15 is 0 Å². The Labute approximate surface area is 110 Å². The Morgan fingerprint density at radius 3 is 2.44 bits per heavy atom. The summed E-state index contributed by atoms with van der Waals surface area (Å²) in [6.45, 7) is 4.99. The average Bonchev–Trinajstić information content (AvgIpc) is 2.42. The van der Waals surface area contributed by atoms with Crippen molar-refractivity contribution in [3.8, 4) is 5.75 Å². The molecule has 2 N–H and O–H groups in total. The van der Waals surface area contributed by atoms with E-state index in [1.165, 1.54) is 0 Å². The molecule has 0 aliphatic rings. The Kier molecular flexibility index (Phi) is 8.21. The van der Waals surface area contributed by atoms with Crippen LogP contribution in [-0.4, -0.2) is 51.4 Å². The lowest BCUT2D eigenvalue weighted by Gasteiger charge is -2.21. The van der Waals surface area contributed by atoms with E-state index in [1.54, 1.807) is 7.11 Å². The SMILES string of the molecule is COCCN(CCCN)CCOc1ccccc1. The molecule has 0 unspecified atom stereocenters. The summed E-state index contributed by atoms with van der Waals surface area (Å²) < 4.78 is 10.8. The topological polar surface area (TPSA) is 47.7 Å². The van der Waals surface area contributed by atoms with Gasteiger partial charge in [0.1, 0.15) is 12.4 Å². The van der Waals surface area contributed by atoms with E-state index in [9.17, 15) is 0 Å². The third-order valence-corrected chi connectivity index (χ3v) is 2.71. The van der Waals surface area contributed by atoms with Gasteiger partial charge in [0.25, 0.3) is 0 Å². The predicted molar refractivity (Wildman–Crippen MR) is 73.9 cm³/mol. The van der Waals surface area contributed by atoms with Gasteiger partial charge in [-0.15, -0.1) is 0 Å². The van der Waals surface area contributed by atoms with Gasteiger partial charge < -0.3 is 15.2 Å². The summed E-state index contributed by atoms with van der Waals surface area (Å²) in [6, 6.07) is 9.89. The van der Waals surface area contributed by atoms with Crippen molar-refractivity contribution in [2.24, 2.45) is 5.73 Å². The molecular formula is C14H24N2O2. The fraction of sp³-hybridized carbons (Fsp3) is 0.571. The largest absolute Gasteiger partial charge is 0.492 e. The number of para-hydroxylation sites is 1. The molecule has 4 nitrogen and oxygen atoms in total. The van der Waals surface area contributed by atoms with E-state index in [-0.39, 0.29) is 0 Å². The minimum absolute atomic E-state index is 0.693. The van der Waals surface area contributed by atoms with Crippen LogP contribution in [0.1, 0.15) is 6.42 Å². The minimum atomic E-state index is 0.693. The van der Waals surface area contributed by atoms with Gasteiger partial charge in [0.2, 0.25) is 0 Å². The highest BCUT2D eigenvalue weighted by atomic mass is 16.5. The van der Waals surface area contributed by atoms with Crippen LogP contribution in [0, 0.1) is 0 Å². The zero-order chi connectivity index (χ0) is 13.1. The number of hydrogen-bond acceptors (Lipinski definition) is 4. The molecule has 0 bridgehead atoms. The molecule has 0 heterocycles. The summed E-state index contributed by atoms with van der Waals surface area (Å²) in [5, 5.41) is 0. The molecule has 0 amide bonds. The number of rotatable bonds is 10. The van der Waals surface area contributed by atoms with Crippen LogP contribution in [0.15, 0.2) is 30.3 Å². The van der Waals surface area contributed by atoms with Crippen LogP contribution in [0.25, 0.3) is 0 Å². The maximum Gasteiger partial charge on any atom is 0.119 e. The van der Waals surface area contributed by atoms with E-state index in [4.69, 9.17) is 15.2 Å². The second-order valence-corrected chi connectivity index (χ2v) is 4.14. The van der Waals surface area contributed by atoms with Crippen molar-refractivity contribution in [1.29, 1.82) is 0 Å². The molecule has 102 valence electrons. The van der Waals surface area contributed by atoms with Crippen LogP contribution >= 0.6 is 0 Å². The van der Waals surface area contributed by atoms with Crippen molar-refractivity contribution in [2.45, 2.75) is 6.42 Å². The third kappa shape index (κ3) is 6.59. The van der Waals surface area contributed by atoms with E-state index in [1.807, 2.05) is 30.3 Å². The smallest absolute Gasteiger partial charge is 0.119 e. The van der Waals surface area contributed by atoms with E-state index in [0.717, 1.165) is 45.0 Å². The first-order valence-electron chi connectivity index (χ1n) is 6.46. The maximum absolute atomic E-state index is 5.68. The summed E-state index contributed by atoms with van der Waals surface area (Å²) in [6.07, 6.45) is 1.01. The zero-order valence-electron chi connectivity index (χ0n) is 11.2. The minimum Gasteiger partial charge on any atom is -0.492 e. The van der Waals surface area contributed by atoms with Crippen molar-refractivity contribution in [2.75, 3.05) is 46.5 Å². The van der Waals surface area contributed by atoms with Crippen LogP contribution in [-0.2, 0) is 4.74 Å². The Balaban J connectivity index is 2.23. The van der Waals surface area contributed by atoms with Gasteiger partial charge in [0, 0.05) is 20.2 Å². The van der Waals surface area contributed by atoms with Crippen LogP contribution in [0.4, 0.5) is 0 Å². The predicted octanol–water partition coefficient (Wildman–Crippen LogP) is 1.36. The molecule has 0 aliphatic carbocycles. The molecule has 0 fully saturated rings. The van der Waals surface area contributed by atoms with Gasteiger partial charge in [-0.25, -0.2) is 0 Å². The summed E-state index contributed by atoms with van der Waals surface area (Å²) >= 11 is 0. The number of benzene rings is 1. The van der Waals surface area contributed by atoms with Gasteiger partial charge in [0.15, 0.2) is 0 Å². The molecule has 0 saturated heterocycles. The molecular weight excluding hydrogens is 228 g/mol. The molecule has 1 aromatic carbocycles. The number of ether oxygens (including phenoxy) is 2. The van der Waals surface area contributed by atoms with Crippen molar-refractivity contribution >= 4 is 0 Å². The fourth-order valence-corrected chi connectivity index (χ4v) is 1.68. The van der Waals surface area contributed by atoms with Gasteiger partial charge in [-0.2, -0.15) is 0 Å². The lowest BCUT2D eigenvalue weighted by Crippen LogP contribution is -2.33. The van der Waals surface area contributed by atoms with Gasteiger partial charge in [-0.05, 0) is 31.6 Å². The van der Waals surface area contributed by atoms with Gasteiger partial charge >= 0.3 is 0 Å². The molecule has 0 aromatic heterocycles. The van der Waals surface area contributed by atoms with Crippen LogP contribution in [0.5, 0.6) is 5.75 Å². The summed E-state index contributed by atoms with van der Waals surface area (Å²) in [5.74, 6) is 0.919. The summed E-state index contributed by atoms with van der Waals surface area (Å²) in [4.78, 5) is 2.32. The number of methoxy groups -OCH3 is 1. The standard InChI is InChI=1S/C14H24N2O2/c1-17-12-10-16(9-5-8-15)11-13-18-14-6-3-2-4-7-14/h2-4,6-7H,5,8-13,15H2,1H3. The number of nitrogens with zero attached hydrogens (tertiary/aromatic N) is 1. The molecule has 0 saturated carbocycles. The van der Waals surface area contributed by atoms with Crippen molar-refractivity contribution < 1.29 is 9.47 Å². The lowest BCUT2D eigenvalue weighted by atomic mass is 10.3. The molecule has 4 heteroatoms. The van der Waals surface area contributed by atoms with Gasteiger partial charge in [-0.3, -0.25) is 4.90 Å². The zero-order valence-corrected chi connectivity index (χ0v) is 11.2. The second-order valence-electron chi connectivity index (χ2n) is 4.14. The molecule has 1 rings (SSSR count). The molecule has 0 spiro atoms. The highest BCUT2D eigenvalue weighted by Gasteiger charge is 2.04. The van der Waals surface area contributed by atoms with Crippen LogP contribution in [0.3, 0.4) is 0 Å². The summed E-state index contributed by atoms with van der Waals surface area (Å²) in [7, 11) is 1.72. The molecule has 0 atom stereocenters. The maximum atomic E-state index is 5.68. The van der Waals surface area contributed by atoms with Crippen LogP contribution < -0.4 is 10.5 Å². The second kappa shape index (κ2) is 9.88. The van der Waals surface area contributed by atoms with E-state index in [0.29, 0.717) is 6.61 Å². The monoisotopic (exact) mass is 252 g/mol. The third-order valence-electron chi connectivity index (χ3n) is 2.71. The molecule has 0 radical (unpaired) electrons. The van der Waals surface area contributed by atoms with E-state index < -0.39 is 0 Å². The number of nitrogens with two attached hydrogens (primary N) is 1. The Hall–Kier alpha value is -1.10. The normalized spacial score (nSPS) is 10.8. The number of hydrogen-bond donors (Lipinski definition) is 1. The first-order valence-corrected chi connectivity index (χ1v) is 6.46. The van der Waals surface area contributed by atoms with Crippen LogP contribution in [0.2, 0.25) is 0 Å². The Morgan fingerprint density at radius 2 is 1.78 bits per heavy atom. The molecule has 18 heavy (non-hydrogen) atoms. The molecule has 0 aliphatic heterocycles. The first-order chi connectivity index (χ1) is 8.86. The average molecular weight is 252 g/mol.